The lowest BCUT2D eigenvalue weighted by molar-refractivity contribution is -0.384. The topological polar surface area (TPSA) is 181 Å². The molecule has 2 atom stereocenters. The van der Waals surface area contributed by atoms with Crippen molar-refractivity contribution in [3.63, 3.8) is 0 Å². The Hall–Kier alpha value is -5.52. The molecule has 0 bridgehead atoms. The van der Waals surface area contributed by atoms with E-state index in [1.165, 1.54) is 41.1 Å². The summed E-state index contributed by atoms with van der Waals surface area (Å²) in [6.45, 7) is 11.4. The number of H-pyrrole nitrogens is 1. The molecule has 62 heavy (non-hydrogen) atoms. The Balaban J connectivity index is 1.02. The highest BCUT2D eigenvalue weighted by Crippen LogP contribution is 2.44. The predicted octanol–water partition coefficient (Wildman–Crippen LogP) is 8.04. The first kappa shape index (κ1) is 43.1. The number of nitro groups is 1. The number of hydrogen-bond acceptors (Lipinski definition) is 12. The van der Waals surface area contributed by atoms with Crippen LogP contribution in [0, 0.1) is 15.5 Å². The van der Waals surface area contributed by atoms with Crippen LogP contribution in [0.1, 0.15) is 56.0 Å². The lowest BCUT2D eigenvalue weighted by atomic mass is 9.72. The standard InChI is InChI=1S/C45H50ClN7O8S/c1-29-26-52(17-16-51(29)27-32-12-14-45(2,3)23-39(32)30-4-6-33(46)7-5-30)34-8-10-38(42(21-34)61-35-20-31-13-15-47-43(31)49-24-35)44(54)50-62(57,58)37-9-11-40(41(22-37)53(55)56)48-25-36-28-59-18-19-60-36/h4-11,13,15,20-22,24,29,36,48H,12,14,16-19,23,25-28H2,1-3H3,(H,47,49)(H,50,54). The number of fused-ring (bicyclic) bond motifs is 1. The molecule has 1 aliphatic carbocycles. The quantitative estimate of drug-likeness (QED) is 0.0766. The van der Waals surface area contributed by atoms with Gasteiger partial charge in [0, 0.05) is 73.2 Å². The number of aromatic nitrogens is 2. The molecule has 1 amide bonds. The molecule has 2 fully saturated rings. The number of amides is 1. The van der Waals surface area contributed by atoms with E-state index >= 15 is 0 Å². The molecule has 17 heteroatoms. The van der Waals surface area contributed by atoms with Gasteiger partial charge in [-0.05, 0) is 91.3 Å². The normalized spacial score (nSPS) is 19.6. The van der Waals surface area contributed by atoms with Crippen LogP contribution in [0.15, 0.2) is 95.7 Å². The van der Waals surface area contributed by atoms with Crippen molar-refractivity contribution in [1.29, 1.82) is 0 Å². The zero-order valence-corrected chi connectivity index (χ0v) is 36.4. The van der Waals surface area contributed by atoms with E-state index in [0.29, 0.717) is 44.3 Å². The average Bonchev–Trinajstić information content (AvgIpc) is 3.72. The number of allylic oxidation sites excluding steroid dienone is 1. The molecular formula is C45H50ClN7O8S. The number of nitrogens with zero attached hydrogens (tertiary/aromatic N) is 4. The van der Waals surface area contributed by atoms with E-state index < -0.39 is 31.4 Å². The van der Waals surface area contributed by atoms with E-state index in [1.54, 1.807) is 24.4 Å². The second-order valence-electron chi connectivity index (χ2n) is 16.9. The van der Waals surface area contributed by atoms with Gasteiger partial charge in [0.25, 0.3) is 21.6 Å². The van der Waals surface area contributed by atoms with Gasteiger partial charge in [-0.2, -0.15) is 0 Å². The number of rotatable bonds is 13. The number of sulfonamides is 1. The van der Waals surface area contributed by atoms with Gasteiger partial charge < -0.3 is 29.4 Å². The summed E-state index contributed by atoms with van der Waals surface area (Å²) in [5.41, 5.74) is 5.32. The Labute approximate surface area is 365 Å². The summed E-state index contributed by atoms with van der Waals surface area (Å²) < 4.78 is 46.8. The SMILES string of the molecule is CC1CN(c2ccc(C(=O)NS(=O)(=O)c3ccc(NCC4COCCO4)c([N+](=O)[O-])c3)c(Oc3cnc4[nH]ccc4c3)c2)CCN1CC1=C(c2ccc(Cl)cc2)CC(C)(C)CC1. The van der Waals surface area contributed by atoms with Crippen molar-refractivity contribution in [2.75, 3.05) is 62.8 Å². The maximum absolute atomic E-state index is 13.9. The number of carbonyl (C=O) groups is 1. The Kier molecular flexibility index (Phi) is 12.6. The van der Waals surface area contributed by atoms with Gasteiger partial charge in [0.05, 0.1) is 47.5 Å². The van der Waals surface area contributed by atoms with Crippen LogP contribution in [0.5, 0.6) is 11.5 Å². The molecule has 326 valence electrons. The van der Waals surface area contributed by atoms with Crippen LogP contribution in [0.4, 0.5) is 17.1 Å². The summed E-state index contributed by atoms with van der Waals surface area (Å²) in [6, 6.07) is 20.4. The Morgan fingerprint density at radius 2 is 1.90 bits per heavy atom. The number of halogens is 1. The highest BCUT2D eigenvalue weighted by molar-refractivity contribution is 7.90. The number of nitro benzene ring substituents is 1. The van der Waals surface area contributed by atoms with E-state index in [1.807, 2.05) is 18.2 Å². The number of carbonyl (C=O) groups excluding carboxylic acids is 1. The highest BCUT2D eigenvalue weighted by Gasteiger charge is 2.32. The molecule has 2 aromatic heterocycles. The molecule has 3 aliphatic rings. The fraction of sp³-hybridized carbons (Fsp3) is 0.378. The number of hydrogen-bond donors (Lipinski definition) is 3. The first-order chi connectivity index (χ1) is 29.7. The van der Waals surface area contributed by atoms with Crippen LogP contribution in [0.3, 0.4) is 0 Å². The molecule has 5 aromatic rings. The monoisotopic (exact) mass is 883 g/mol. The molecular weight excluding hydrogens is 834 g/mol. The van der Waals surface area contributed by atoms with E-state index in [9.17, 15) is 23.3 Å². The average molecular weight is 884 g/mol. The number of anilines is 2. The number of piperazine rings is 1. The van der Waals surface area contributed by atoms with Crippen molar-refractivity contribution < 1.29 is 32.3 Å². The third-order valence-corrected chi connectivity index (χ3v) is 13.4. The second-order valence-corrected chi connectivity index (χ2v) is 19.0. The summed E-state index contributed by atoms with van der Waals surface area (Å²) in [7, 11) is -4.59. The van der Waals surface area contributed by atoms with Crippen molar-refractivity contribution >= 4 is 61.2 Å². The van der Waals surface area contributed by atoms with Crippen LogP contribution in [-0.2, 0) is 19.5 Å². The summed E-state index contributed by atoms with van der Waals surface area (Å²) in [5, 5.41) is 16.5. The number of ether oxygens (including phenoxy) is 3. The minimum atomic E-state index is -4.59. The zero-order valence-electron chi connectivity index (χ0n) is 34.9. The van der Waals surface area contributed by atoms with Gasteiger partial charge in [-0.3, -0.25) is 19.8 Å². The molecule has 8 rings (SSSR count). The van der Waals surface area contributed by atoms with Crippen LogP contribution < -0.4 is 19.7 Å². The van der Waals surface area contributed by atoms with Crippen molar-refractivity contribution in [3.8, 4) is 11.5 Å². The molecule has 15 nitrogen and oxygen atoms in total. The van der Waals surface area contributed by atoms with Crippen molar-refractivity contribution in [2.24, 2.45) is 5.41 Å². The lowest BCUT2D eigenvalue weighted by Crippen LogP contribution is -2.52. The number of pyridine rings is 1. The van der Waals surface area contributed by atoms with E-state index in [4.69, 9.17) is 25.8 Å². The highest BCUT2D eigenvalue weighted by atomic mass is 35.5. The second kappa shape index (κ2) is 18.1. The maximum atomic E-state index is 13.9. The summed E-state index contributed by atoms with van der Waals surface area (Å²) in [4.78, 5) is 37.1. The first-order valence-electron chi connectivity index (χ1n) is 20.7. The third kappa shape index (κ3) is 9.90. The molecule has 0 saturated carbocycles. The third-order valence-electron chi connectivity index (χ3n) is 11.8. The molecule has 2 unspecified atom stereocenters. The lowest BCUT2D eigenvalue weighted by Gasteiger charge is -2.43. The molecule has 2 aliphatic heterocycles. The fourth-order valence-corrected chi connectivity index (χ4v) is 9.46. The predicted molar refractivity (Wildman–Crippen MR) is 239 cm³/mol. The summed E-state index contributed by atoms with van der Waals surface area (Å²) in [6.07, 6.45) is 6.12. The van der Waals surface area contributed by atoms with E-state index in [-0.39, 0.29) is 41.1 Å². The molecule has 4 heterocycles. The van der Waals surface area contributed by atoms with Gasteiger partial charge in [-0.15, -0.1) is 0 Å². The summed E-state index contributed by atoms with van der Waals surface area (Å²) in [5.74, 6) is -0.516. The van der Waals surface area contributed by atoms with E-state index in [2.05, 4.69) is 62.7 Å². The Morgan fingerprint density at radius 3 is 2.66 bits per heavy atom. The van der Waals surface area contributed by atoms with Crippen LogP contribution in [-0.4, -0.2) is 98.8 Å². The number of aromatic amines is 1. The van der Waals surface area contributed by atoms with Gasteiger partial charge in [-0.25, -0.2) is 18.1 Å². The molecule has 0 radical (unpaired) electrons. The molecule has 0 spiro atoms. The van der Waals surface area contributed by atoms with Crippen molar-refractivity contribution in [3.05, 3.63) is 117 Å². The van der Waals surface area contributed by atoms with Gasteiger partial charge in [0.15, 0.2) is 0 Å². The van der Waals surface area contributed by atoms with E-state index in [0.717, 1.165) is 54.5 Å². The van der Waals surface area contributed by atoms with Gasteiger partial charge in [0.2, 0.25) is 0 Å². The van der Waals surface area contributed by atoms with Crippen molar-refractivity contribution in [1.82, 2.24) is 19.6 Å². The van der Waals surface area contributed by atoms with Gasteiger partial charge >= 0.3 is 0 Å². The van der Waals surface area contributed by atoms with Gasteiger partial charge in [0.1, 0.15) is 22.8 Å². The minimum absolute atomic E-state index is 0.0532. The zero-order chi connectivity index (χ0) is 43.6. The van der Waals surface area contributed by atoms with Crippen LogP contribution in [0.25, 0.3) is 16.6 Å². The number of benzene rings is 3. The van der Waals surface area contributed by atoms with Crippen LogP contribution in [0.2, 0.25) is 5.02 Å². The fourth-order valence-electron chi connectivity index (χ4n) is 8.35. The van der Waals surface area contributed by atoms with Gasteiger partial charge in [-0.1, -0.05) is 43.2 Å². The molecule has 3 aromatic carbocycles. The van der Waals surface area contributed by atoms with Crippen LogP contribution >= 0.6 is 11.6 Å². The molecule has 3 N–H and O–H groups in total. The largest absolute Gasteiger partial charge is 0.455 e. The minimum Gasteiger partial charge on any atom is -0.455 e. The first-order valence-corrected chi connectivity index (χ1v) is 22.6. The Morgan fingerprint density at radius 1 is 1.08 bits per heavy atom. The van der Waals surface area contributed by atoms with Crippen molar-refractivity contribution in [2.45, 2.75) is 57.1 Å². The molecule has 2 saturated heterocycles. The smallest absolute Gasteiger partial charge is 0.293 e. The summed E-state index contributed by atoms with van der Waals surface area (Å²) >= 11 is 6.25. The number of nitrogens with one attached hydrogen (secondary N) is 3. The maximum Gasteiger partial charge on any atom is 0.293 e. The Bertz CT molecular complexity index is 2610.